The lowest BCUT2D eigenvalue weighted by Gasteiger charge is -2.34. The van der Waals surface area contributed by atoms with Gasteiger partial charge in [-0.15, -0.1) is 0 Å². The first-order valence-corrected chi connectivity index (χ1v) is 4.29. The smallest absolute Gasteiger partial charge is 0.133 e. The second-order valence-electron chi connectivity index (χ2n) is 3.18. The van der Waals surface area contributed by atoms with Gasteiger partial charge in [0.05, 0.1) is 5.02 Å². The zero-order valence-corrected chi connectivity index (χ0v) is 7.62. The summed E-state index contributed by atoms with van der Waals surface area (Å²) in [6.07, 6.45) is 3.31. The Morgan fingerprint density at radius 1 is 1.42 bits per heavy atom. The van der Waals surface area contributed by atoms with Gasteiger partial charge in [0.15, 0.2) is 0 Å². The van der Waals surface area contributed by atoms with Gasteiger partial charge in [0.1, 0.15) is 5.82 Å². The predicted molar refractivity (Wildman–Crippen MR) is 47.3 cm³/mol. The van der Waals surface area contributed by atoms with Gasteiger partial charge in [0, 0.05) is 31.4 Å². The fourth-order valence-electron chi connectivity index (χ4n) is 1.40. The van der Waals surface area contributed by atoms with E-state index in [2.05, 4.69) is 21.9 Å². The van der Waals surface area contributed by atoms with E-state index in [1.54, 1.807) is 12.4 Å². The molecule has 4 heteroatoms. The average molecular weight is 184 g/mol. The van der Waals surface area contributed by atoms with Crippen LogP contribution in [0.4, 0.5) is 0 Å². The summed E-state index contributed by atoms with van der Waals surface area (Å²) in [5, 5.41) is 0.603. The number of aromatic nitrogens is 2. The predicted octanol–water partition coefficient (Wildman–Crippen LogP) is 1.16. The second-order valence-corrected chi connectivity index (χ2v) is 3.61. The molecule has 0 atom stereocenters. The number of likely N-dealkylation sites (tertiary alicyclic amines) is 1. The summed E-state index contributed by atoms with van der Waals surface area (Å²) in [5.74, 6) is 1.42. The van der Waals surface area contributed by atoms with Gasteiger partial charge in [-0.05, 0) is 7.05 Å². The van der Waals surface area contributed by atoms with E-state index >= 15 is 0 Å². The van der Waals surface area contributed by atoms with E-state index in [-0.39, 0.29) is 0 Å². The van der Waals surface area contributed by atoms with Crippen LogP contribution in [0.2, 0.25) is 5.02 Å². The van der Waals surface area contributed by atoms with E-state index in [0.717, 1.165) is 18.9 Å². The minimum absolute atomic E-state index is 0.507. The molecule has 0 spiro atoms. The molecule has 0 aliphatic carbocycles. The average Bonchev–Trinajstić information content (AvgIpc) is 2.01. The first kappa shape index (κ1) is 7.95. The minimum atomic E-state index is 0.507. The van der Waals surface area contributed by atoms with Crippen molar-refractivity contribution >= 4 is 11.6 Å². The largest absolute Gasteiger partial charge is 0.305 e. The molecular weight excluding hydrogens is 174 g/mol. The van der Waals surface area contributed by atoms with Crippen molar-refractivity contribution in [2.75, 3.05) is 20.1 Å². The maximum absolute atomic E-state index is 5.67. The Bertz CT molecular complexity index is 266. The first-order valence-electron chi connectivity index (χ1n) is 3.91. The van der Waals surface area contributed by atoms with Crippen molar-refractivity contribution in [3.63, 3.8) is 0 Å². The normalized spacial score (nSPS) is 19.2. The summed E-state index contributed by atoms with van der Waals surface area (Å²) in [6.45, 7) is 2.11. The lowest BCUT2D eigenvalue weighted by molar-refractivity contribution is 0.183. The van der Waals surface area contributed by atoms with Crippen LogP contribution in [0.15, 0.2) is 12.4 Å². The summed E-state index contributed by atoms with van der Waals surface area (Å²) < 4.78 is 0. The highest BCUT2D eigenvalue weighted by Gasteiger charge is 2.26. The van der Waals surface area contributed by atoms with Crippen LogP contribution in [0.1, 0.15) is 11.7 Å². The van der Waals surface area contributed by atoms with Crippen LogP contribution in [0.3, 0.4) is 0 Å². The topological polar surface area (TPSA) is 29.0 Å². The monoisotopic (exact) mass is 183 g/mol. The van der Waals surface area contributed by atoms with Gasteiger partial charge >= 0.3 is 0 Å². The van der Waals surface area contributed by atoms with Crippen LogP contribution in [0.25, 0.3) is 0 Å². The molecule has 12 heavy (non-hydrogen) atoms. The second kappa shape index (κ2) is 2.99. The van der Waals surface area contributed by atoms with Crippen LogP contribution in [-0.4, -0.2) is 35.0 Å². The maximum Gasteiger partial charge on any atom is 0.133 e. The Kier molecular flexibility index (Phi) is 1.98. The molecule has 1 aliphatic rings. The first-order chi connectivity index (χ1) is 5.75. The van der Waals surface area contributed by atoms with Crippen molar-refractivity contribution in [1.82, 2.24) is 14.9 Å². The molecule has 64 valence electrons. The SMILES string of the molecule is CN1CC(c2ncc(Cl)cn2)C1. The zero-order valence-electron chi connectivity index (χ0n) is 6.87. The molecule has 1 saturated heterocycles. The fraction of sp³-hybridized carbons (Fsp3) is 0.500. The Hall–Kier alpha value is -0.670. The number of halogens is 1. The number of likely N-dealkylation sites (N-methyl/N-ethyl adjacent to an activating group) is 1. The highest BCUT2D eigenvalue weighted by molar-refractivity contribution is 6.30. The van der Waals surface area contributed by atoms with Gasteiger partial charge in [-0.25, -0.2) is 9.97 Å². The number of rotatable bonds is 1. The van der Waals surface area contributed by atoms with Crippen molar-refractivity contribution in [1.29, 1.82) is 0 Å². The highest BCUT2D eigenvalue weighted by atomic mass is 35.5. The Balaban J connectivity index is 2.09. The van der Waals surface area contributed by atoms with E-state index in [1.807, 2.05) is 0 Å². The van der Waals surface area contributed by atoms with Gasteiger partial charge in [-0.3, -0.25) is 0 Å². The lowest BCUT2D eigenvalue weighted by Crippen LogP contribution is -2.42. The van der Waals surface area contributed by atoms with Crippen LogP contribution in [0.5, 0.6) is 0 Å². The molecule has 1 fully saturated rings. The van der Waals surface area contributed by atoms with E-state index in [0.29, 0.717) is 10.9 Å². The Morgan fingerprint density at radius 2 is 2.00 bits per heavy atom. The van der Waals surface area contributed by atoms with E-state index < -0.39 is 0 Å². The molecule has 0 aromatic carbocycles. The zero-order chi connectivity index (χ0) is 8.55. The lowest BCUT2D eigenvalue weighted by atomic mass is 10.0. The van der Waals surface area contributed by atoms with Gasteiger partial charge < -0.3 is 4.90 Å². The molecule has 0 N–H and O–H groups in total. The molecule has 3 nitrogen and oxygen atoms in total. The molecule has 0 radical (unpaired) electrons. The highest BCUT2D eigenvalue weighted by Crippen LogP contribution is 2.22. The molecule has 2 heterocycles. The third-order valence-corrected chi connectivity index (χ3v) is 2.26. The Morgan fingerprint density at radius 3 is 2.50 bits per heavy atom. The quantitative estimate of drug-likeness (QED) is 0.655. The third-order valence-electron chi connectivity index (χ3n) is 2.07. The van der Waals surface area contributed by atoms with E-state index in [1.165, 1.54) is 0 Å². The molecule has 0 unspecified atom stereocenters. The van der Waals surface area contributed by atoms with Crippen LogP contribution in [-0.2, 0) is 0 Å². The van der Waals surface area contributed by atoms with E-state index in [4.69, 9.17) is 11.6 Å². The summed E-state index contributed by atoms with van der Waals surface area (Å²) >= 11 is 5.67. The molecule has 1 aromatic rings. The van der Waals surface area contributed by atoms with Gasteiger partial charge in [0.2, 0.25) is 0 Å². The van der Waals surface area contributed by atoms with E-state index in [9.17, 15) is 0 Å². The van der Waals surface area contributed by atoms with Crippen molar-refractivity contribution in [2.24, 2.45) is 0 Å². The summed E-state index contributed by atoms with van der Waals surface area (Å²) in [5.41, 5.74) is 0. The number of hydrogen-bond donors (Lipinski definition) is 0. The van der Waals surface area contributed by atoms with Crippen LogP contribution in [0, 0.1) is 0 Å². The summed E-state index contributed by atoms with van der Waals surface area (Å²) in [7, 11) is 2.09. The Labute approximate surface area is 76.4 Å². The summed E-state index contributed by atoms with van der Waals surface area (Å²) in [6, 6.07) is 0. The van der Waals surface area contributed by atoms with Gasteiger partial charge in [0.25, 0.3) is 0 Å². The van der Waals surface area contributed by atoms with Crippen molar-refractivity contribution in [2.45, 2.75) is 5.92 Å². The number of nitrogens with zero attached hydrogens (tertiary/aromatic N) is 3. The van der Waals surface area contributed by atoms with Crippen molar-refractivity contribution < 1.29 is 0 Å². The van der Waals surface area contributed by atoms with Crippen molar-refractivity contribution in [3.05, 3.63) is 23.2 Å². The third kappa shape index (κ3) is 1.42. The van der Waals surface area contributed by atoms with Crippen LogP contribution >= 0.6 is 11.6 Å². The fourth-order valence-corrected chi connectivity index (χ4v) is 1.49. The molecular formula is C8H10ClN3. The standard InChI is InChI=1S/C8H10ClN3/c1-12-4-6(5-12)8-10-2-7(9)3-11-8/h2-3,6H,4-5H2,1H3. The molecule has 2 rings (SSSR count). The van der Waals surface area contributed by atoms with Crippen molar-refractivity contribution in [3.8, 4) is 0 Å². The molecule has 0 amide bonds. The van der Waals surface area contributed by atoms with Gasteiger partial charge in [-0.2, -0.15) is 0 Å². The maximum atomic E-state index is 5.67. The number of hydrogen-bond acceptors (Lipinski definition) is 3. The molecule has 1 aromatic heterocycles. The molecule has 1 aliphatic heterocycles. The van der Waals surface area contributed by atoms with Crippen LogP contribution < -0.4 is 0 Å². The molecule has 0 bridgehead atoms. The minimum Gasteiger partial charge on any atom is -0.305 e. The summed E-state index contributed by atoms with van der Waals surface area (Å²) in [4.78, 5) is 10.6. The van der Waals surface area contributed by atoms with Gasteiger partial charge in [-0.1, -0.05) is 11.6 Å². The molecule has 0 saturated carbocycles.